The molecule has 3 heterocycles. The first-order valence-electron chi connectivity index (χ1n) is 6.39. The van der Waals surface area contributed by atoms with Gasteiger partial charge in [0.1, 0.15) is 0 Å². The van der Waals surface area contributed by atoms with Crippen LogP contribution in [0.3, 0.4) is 0 Å². The molecule has 0 radical (unpaired) electrons. The predicted octanol–water partition coefficient (Wildman–Crippen LogP) is 3.81. The standard InChI is InChI=1S/C8H17N.C6H3FO/c1-3-8-6-4-5-7-9(8)2;7-6-4-2-1-3-5(6)8-4/h8H,3-7H2,1-2H3;1-3H. The molecule has 3 aliphatic rings. The van der Waals surface area contributed by atoms with Crippen LogP contribution in [0.5, 0.6) is 11.5 Å². The number of ether oxygens (including phenoxy) is 1. The molecular weight excluding hydrogens is 217 g/mol. The minimum Gasteiger partial charge on any atom is -0.451 e. The second kappa shape index (κ2) is 5.50. The topological polar surface area (TPSA) is 12.5 Å². The SMILES string of the molecule is CCC1CCCCN1C.Fc1c2cccc1O2. The van der Waals surface area contributed by atoms with Crippen molar-refractivity contribution in [1.82, 2.24) is 4.90 Å². The number of rotatable bonds is 1. The van der Waals surface area contributed by atoms with Gasteiger partial charge >= 0.3 is 0 Å². The Bertz CT molecular complexity index is 360. The van der Waals surface area contributed by atoms with Gasteiger partial charge in [0.15, 0.2) is 11.5 Å². The Morgan fingerprint density at radius 3 is 2.41 bits per heavy atom. The van der Waals surface area contributed by atoms with Crippen LogP contribution in [-0.2, 0) is 0 Å². The molecule has 1 atom stereocenters. The van der Waals surface area contributed by atoms with Gasteiger partial charge in [-0.3, -0.25) is 0 Å². The van der Waals surface area contributed by atoms with Crippen molar-refractivity contribution in [2.75, 3.05) is 13.6 Å². The number of likely N-dealkylation sites (tertiary alicyclic amines) is 1. The van der Waals surface area contributed by atoms with Crippen LogP contribution in [0.4, 0.5) is 4.39 Å². The molecular formula is C14H20FNO. The van der Waals surface area contributed by atoms with Crippen LogP contribution in [0, 0.1) is 5.82 Å². The summed E-state index contributed by atoms with van der Waals surface area (Å²) in [6.45, 7) is 3.60. The predicted molar refractivity (Wildman–Crippen MR) is 67.0 cm³/mol. The van der Waals surface area contributed by atoms with Crippen molar-refractivity contribution in [3.63, 3.8) is 0 Å². The van der Waals surface area contributed by atoms with E-state index in [0.717, 1.165) is 6.04 Å². The van der Waals surface area contributed by atoms with Gasteiger partial charge in [0.2, 0.25) is 5.82 Å². The van der Waals surface area contributed by atoms with Crippen LogP contribution in [0.2, 0.25) is 0 Å². The second-order valence-electron chi connectivity index (χ2n) is 4.71. The summed E-state index contributed by atoms with van der Waals surface area (Å²) in [5.74, 6) is 0.512. The van der Waals surface area contributed by atoms with Gasteiger partial charge in [-0.25, -0.2) is 0 Å². The summed E-state index contributed by atoms with van der Waals surface area (Å²) in [5, 5.41) is 0. The summed E-state index contributed by atoms with van der Waals surface area (Å²) in [5.41, 5.74) is 0. The first-order valence-corrected chi connectivity index (χ1v) is 6.39. The summed E-state index contributed by atoms with van der Waals surface area (Å²) in [7, 11) is 2.24. The molecule has 17 heavy (non-hydrogen) atoms. The molecule has 1 aromatic rings. The highest BCUT2D eigenvalue weighted by atomic mass is 19.1. The van der Waals surface area contributed by atoms with Gasteiger partial charge in [-0.15, -0.1) is 0 Å². The normalized spacial score (nSPS) is 21.9. The average Bonchev–Trinajstić information content (AvgIpc) is 2.40. The van der Waals surface area contributed by atoms with Crippen molar-refractivity contribution >= 4 is 0 Å². The molecule has 0 saturated carbocycles. The van der Waals surface area contributed by atoms with E-state index < -0.39 is 0 Å². The minimum absolute atomic E-state index is 0.215. The number of nitrogens with zero attached hydrogens (tertiary/aromatic N) is 1. The van der Waals surface area contributed by atoms with Gasteiger partial charge < -0.3 is 9.64 Å². The van der Waals surface area contributed by atoms with Crippen LogP contribution in [0.25, 0.3) is 0 Å². The van der Waals surface area contributed by atoms with Gasteiger partial charge in [-0.2, -0.15) is 4.39 Å². The Hall–Kier alpha value is -1.09. The Morgan fingerprint density at radius 1 is 1.35 bits per heavy atom. The van der Waals surface area contributed by atoms with Crippen LogP contribution in [-0.4, -0.2) is 24.5 Å². The van der Waals surface area contributed by atoms with Gasteiger partial charge in [0.25, 0.3) is 0 Å². The van der Waals surface area contributed by atoms with E-state index in [1.807, 2.05) is 0 Å². The highest BCUT2D eigenvalue weighted by Gasteiger charge is 2.19. The largest absolute Gasteiger partial charge is 0.451 e. The smallest absolute Gasteiger partial charge is 0.208 e. The van der Waals surface area contributed by atoms with E-state index in [1.54, 1.807) is 18.2 Å². The molecule has 1 saturated heterocycles. The van der Waals surface area contributed by atoms with E-state index in [4.69, 9.17) is 4.74 Å². The molecule has 2 bridgehead atoms. The molecule has 0 aromatic heterocycles. The monoisotopic (exact) mass is 237 g/mol. The molecule has 0 aliphatic carbocycles. The molecule has 1 unspecified atom stereocenters. The summed E-state index contributed by atoms with van der Waals surface area (Å²) in [6, 6.07) is 5.85. The van der Waals surface area contributed by atoms with Crippen LogP contribution >= 0.6 is 0 Å². The van der Waals surface area contributed by atoms with Gasteiger partial charge in [0.05, 0.1) is 0 Å². The zero-order valence-corrected chi connectivity index (χ0v) is 10.6. The summed E-state index contributed by atoms with van der Waals surface area (Å²) >= 11 is 0. The highest BCUT2D eigenvalue weighted by molar-refractivity contribution is 5.46. The zero-order valence-electron chi connectivity index (χ0n) is 10.6. The van der Waals surface area contributed by atoms with Crippen LogP contribution in [0.1, 0.15) is 32.6 Å². The fraction of sp³-hybridized carbons (Fsp3) is 0.571. The maximum atomic E-state index is 12.3. The summed E-state index contributed by atoms with van der Waals surface area (Å²) in [4.78, 5) is 2.49. The number of piperidine rings is 1. The third-order valence-corrected chi connectivity index (χ3v) is 3.54. The van der Waals surface area contributed by atoms with Crippen molar-refractivity contribution in [1.29, 1.82) is 0 Å². The van der Waals surface area contributed by atoms with Crippen molar-refractivity contribution in [2.45, 2.75) is 38.6 Å². The Kier molecular flexibility index (Phi) is 4.00. The van der Waals surface area contributed by atoms with Crippen molar-refractivity contribution in [2.24, 2.45) is 0 Å². The lowest BCUT2D eigenvalue weighted by atomic mass is 10.0. The number of halogens is 1. The third kappa shape index (κ3) is 2.78. The van der Waals surface area contributed by atoms with E-state index in [9.17, 15) is 4.39 Å². The number of fused-ring (bicyclic) bond motifs is 2. The van der Waals surface area contributed by atoms with E-state index in [2.05, 4.69) is 18.9 Å². The molecule has 4 rings (SSSR count). The van der Waals surface area contributed by atoms with Crippen molar-refractivity contribution in [3.8, 4) is 11.5 Å². The first kappa shape index (κ1) is 12.4. The average molecular weight is 237 g/mol. The van der Waals surface area contributed by atoms with Crippen LogP contribution in [0.15, 0.2) is 18.2 Å². The molecule has 0 amide bonds. The quantitative estimate of drug-likeness (QED) is 0.747. The number of hydrogen-bond donors (Lipinski definition) is 0. The van der Waals surface area contributed by atoms with Gasteiger partial charge in [-0.1, -0.05) is 19.4 Å². The maximum Gasteiger partial charge on any atom is 0.208 e. The lowest BCUT2D eigenvalue weighted by molar-refractivity contribution is 0.181. The summed E-state index contributed by atoms with van der Waals surface area (Å²) in [6.07, 6.45) is 5.61. The van der Waals surface area contributed by atoms with E-state index in [1.165, 1.54) is 32.2 Å². The lowest BCUT2D eigenvalue weighted by Crippen LogP contribution is -2.35. The van der Waals surface area contributed by atoms with Crippen molar-refractivity contribution in [3.05, 3.63) is 24.0 Å². The molecule has 3 heteroatoms. The van der Waals surface area contributed by atoms with Gasteiger partial charge in [0, 0.05) is 6.04 Å². The fourth-order valence-electron chi connectivity index (χ4n) is 2.38. The Morgan fingerprint density at radius 2 is 2.06 bits per heavy atom. The Balaban J connectivity index is 0.000000127. The second-order valence-corrected chi connectivity index (χ2v) is 4.71. The maximum absolute atomic E-state index is 12.3. The summed E-state index contributed by atoms with van der Waals surface area (Å²) < 4.78 is 17.0. The molecule has 3 aliphatic heterocycles. The Labute approximate surface area is 102 Å². The highest BCUT2D eigenvalue weighted by Crippen LogP contribution is 2.39. The minimum atomic E-state index is -0.215. The first-order chi connectivity index (χ1) is 8.22. The molecule has 1 fully saturated rings. The number of benzene rings is 1. The molecule has 1 aromatic carbocycles. The van der Waals surface area contributed by atoms with E-state index >= 15 is 0 Å². The lowest BCUT2D eigenvalue weighted by Gasteiger charge is -2.31. The van der Waals surface area contributed by atoms with Crippen molar-refractivity contribution < 1.29 is 9.13 Å². The molecule has 2 nitrogen and oxygen atoms in total. The van der Waals surface area contributed by atoms with Crippen LogP contribution < -0.4 is 4.74 Å². The molecule has 0 spiro atoms. The third-order valence-electron chi connectivity index (χ3n) is 3.54. The number of hydrogen-bond acceptors (Lipinski definition) is 2. The molecule has 0 N–H and O–H groups in total. The zero-order chi connectivity index (χ0) is 12.3. The molecule has 94 valence electrons. The fourth-order valence-corrected chi connectivity index (χ4v) is 2.38. The van der Waals surface area contributed by atoms with E-state index in [-0.39, 0.29) is 5.82 Å². The van der Waals surface area contributed by atoms with E-state index in [0.29, 0.717) is 11.5 Å². The van der Waals surface area contributed by atoms with Gasteiger partial charge in [-0.05, 0) is 45.0 Å².